The van der Waals surface area contributed by atoms with Crippen LogP contribution in [0.4, 0.5) is 5.82 Å². The molecule has 182 valence electrons. The number of aromatic amines is 1. The van der Waals surface area contributed by atoms with E-state index < -0.39 is 5.92 Å². The van der Waals surface area contributed by atoms with Gasteiger partial charge in [0.15, 0.2) is 17.3 Å². The fourth-order valence-electron chi connectivity index (χ4n) is 5.34. The summed E-state index contributed by atoms with van der Waals surface area (Å²) in [5.74, 6) is 1.39. The number of carbonyl (C=O) groups is 1. The summed E-state index contributed by atoms with van der Waals surface area (Å²) in [5.41, 5.74) is 3.38. The highest BCUT2D eigenvalue weighted by atomic mass is 32.1. The maximum absolute atomic E-state index is 13.8. The van der Waals surface area contributed by atoms with Crippen LogP contribution in [0.15, 0.2) is 82.1 Å². The average molecular weight is 500 g/mol. The van der Waals surface area contributed by atoms with Gasteiger partial charge in [-0.2, -0.15) is 0 Å². The summed E-state index contributed by atoms with van der Waals surface area (Å²) < 4.78 is 12.5. The third kappa shape index (κ3) is 3.56. The van der Waals surface area contributed by atoms with Gasteiger partial charge in [-0.3, -0.25) is 14.7 Å². The molecule has 2 aromatic heterocycles. The first-order chi connectivity index (χ1) is 17.6. The summed E-state index contributed by atoms with van der Waals surface area (Å²) in [6.45, 7) is 0. The first-order valence-electron chi connectivity index (χ1n) is 11.8. The number of Topliss-reactive ketones (excluding diaryl/α,β-unsaturated/α-hetero) is 1. The normalized spacial score (nSPS) is 18.9. The zero-order valence-corrected chi connectivity index (χ0v) is 20.7. The van der Waals surface area contributed by atoms with Crippen LogP contribution in [-0.2, 0) is 4.79 Å². The molecule has 6 rings (SSSR count). The smallest absolute Gasteiger partial charge is 0.277 e. The van der Waals surface area contributed by atoms with Crippen molar-refractivity contribution >= 4 is 22.9 Å². The summed E-state index contributed by atoms with van der Waals surface area (Å²) >= 11 is 1.67. The Morgan fingerprint density at radius 3 is 2.47 bits per heavy atom. The van der Waals surface area contributed by atoms with Crippen LogP contribution in [0.5, 0.6) is 11.5 Å². The maximum Gasteiger partial charge on any atom is 0.277 e. The quantitative estimate of drug-likeness (QED) is 0.394. The molecule has 2 aliphatic rings. The predicted octanol–water partition coefficient (Wildman–Crippen LogP) is 5.20. The standard InChI is InChI=1S/C28H25N3O4S/c1-34-21-11-10-16(15-22(21)35-2)24-25-19(13-17(14-20(25)32)23-9-6-12-36-23)29-27-26(24)28(33)31(30-27)18-7-4-3-5-8-18/h3-12,15,17,24,29-30H,13-14H2,1-2H3. The highest BCUT2D eigenvalue weighted by Gasteiger charge is 2.41. The number of benzene rings is 2. The van der Waals surface area contributed by atoms with E-state index in [1.54, 1.807) is 25.6 Å². The lowest BCUT2D eigenvalue weighted by molar-refractivity contribution is -0.116. The van der Waals surface area contributed by atoms with Crippen LogP contribution < -0.4 is 20.3 Å². The predicted molar refractivity (Wildman–Crippen MR) is 140 cm³/mol. The molecule has 0 spiro atoms. The van der Waals surface area contributed by atoms with Gasteiger partial charge in [0.2, 0.25) is 0 Å². The zero-order valence-electron chi connectivity index (χ0n) is 19.9. The van der Waals surface area contributed by atoms with E-state index in [4.69, 9.17) is 9.47 Å². The van der Waals surface area contributed by atoms with Crippen molar-refractivity contribution in [3.63, 3.8) is 0 Å². The number of ether oxygens (including phenoxy) is 2. The molecule has 8 heteroatoms. The van der Waals surface area contributed by atoms with Gasteiger partial charge in [0, 0.05) is 34.4 Å². The van der Waals surface area contributed by atoms with Gasteiger partial charge in [0.1, 0.15) is 5.82 Å². The van der Waals surface area contributed by atoms with Crippen molar-refractivity contribution in [2.75, 3.05) is 19.5 Å². The largest absolute Gasteiger partial charge is 0.493 e. The van der Waals surface area contributed by atoms with E-state index in [0.29, 0.717) is 41.3 Å². The number of rotatable bonds is 5. The first-order valence-corrected chi connectivity index (χ1v) is 12.7. The van der Waals surface area contributed by atoms with Crippen molar-refractivity contribution in [2.24, 2.45) is 0 Å². The molecule has 0 amide bonds. The minimum atomic E-state index is -0.526. The molecule has 2 unspecified atom stereocenters. The second-order valence-electron chi connectivity index (χ2n) is 8.99. The Hall–Kier alpha value is -4.04. The monoisotopic (exact) mass is 499 g/mol. The van der Waals surface area contributed by atoms with E-state index in [2.05, 4.69) is 16.5 Å². The van der Waals surface area contributed by atoms with Crippen molar-refractivity contribution in [1.82, 2.24) is 9.78 Å². The molecule has 0 bridgehead atoms. The fraction of sp³-hybridized carbons (Fsp3) is 0.214. The van der Waals surface area contributed by atoms with E-state index in [0.717, 1.165) is 16.9 Å². The van der Waals surface area contributed by atoms with Crippen LogP contribution in [0.2, 0.25) is 0 Å². The number of methoxy groups -OCH3 is 2. The Labute approximate surface area is 212 Å². The van der Waals surface area contributed by atoms with E-state index in [9.17, 15) is 9.59 Å². The van der Waals surface area contributed by atoms with E-state index in [1.807, 2.05) is 60.0 Å². The van der Waals surface area contributed by atoms with Crippen LogP contribution in [0.25, 0.3) is 5.69 Å². The molecule has 0 fully saturated rings. The number of aromatic nitrogens is 2. The average Bonchev–Trinajstić information content (AvgIpc) is 3.56. The number of para-hydroxylation sites is 1. The Bertz CT molecular complexity index is 1530. The number of ketones is 1. The summed E-state index contributed by atoms with van der Waals surface area (Å²) in [4.78, 5) is 28.7. The fourth-order valence-corrected chi connectivity index (χ4v) is 6.17. The van der Waals surface area contributed by atoms with Crippen LogP contribution in [0.3, 0.4) is 0 Å². The molecular weight excluding hydrogens is 474 g/mol. The number of carbonyl (C=O) groups excluding carboxylic acids is 1. The number of fused-ring (bicyclic) bond motifs is 1. The number of nitrogens with one attached hydrogen (secondary N) is 2. The molecule has 0 radical (unpaired) electrons. The van der Waals surface area contributed by atoms with Crippen molar-refractivity contribution in [1.29, 1.82) is 0 Å². The van der Waals surface area contributed by atoms with Gasteiger partial charge >= 0.3 is 0 Å². The van der Waals surface area contributed by atoms with Gasteiger partial charge in [-0.25, -0.2) is 4.68 Å². The van der Waals surface area contributed by atoms with Crippen molar-refractivity contribution < 1.29 is 14.3 Å². The van der Waals surface area contributed by atoms with E-state index in [-0.39, 0.29) is 17.3 Å². The topological polar surface area (TPSA) is 85.4 Å². The Morgan fingerprint density at radius 2 is 1.75 bits per heavy atom. The Balaban J connectivity index is 1.54. The molecule has 3 heterocycles. The molecule has 4 aromatic rings. The number of thiophene rings is 1. The number of anilines is 1. The lowest BCUT2D eigenvalue weighted by atomic mass is 9.74. The SMILES string of the molecule is COc1ccc(C2C3=C(CC(c4cccs4)CC3=O)Nc3[nH]n(-c4ccccc4)c(=O)c32)cc1OC. The van der Waals surface area contributed by atoms with Crippen LogP contribution in [0, 0.1) is 0 Å². The van der Waals surface area contributed by atoms with Crippen molar-refractivity contribution in [2.45, 2.75) is 24.7 Å². The van der Waals surface area contributed by atoms with Gasteiger partial charge in [-0.05, 0) is 47.7 Å². The number of allylic oxidation sites excluding steroid dienone is 2. The third-order valence-corrected chi connectivity index (χ3v) is 8.02. The summed E-state index contributed by atoms with van der Waals surface area (Å²) in [5, 5.41) is 8.74. The second-order valence-corrected chi connectivity index (χ2v) is 9.96. The van der Waals surface area contributed by atoms with Gasteiger partial charge < -0.3 is 14.8 Å². The molecule has 1 aliphatic heterocycles. The Morgan fingerprint density at radius 1 is 0.944 bits per heavy atom. The van der Waals surface area contributed by atoms with Gasteiger partial charge in [0.05, 0.1) is 25.5 Å². The molecule has 0 saturated carbocycles. The summed E-state index contributed by atoms with van der Waals surface area (Å²) in [7, 11) is 3.16. The molecule has 2 atom stereocenters. The van der Waals surface area contributed by atoms with Crippen molar-refractivity contribution in [3.05, 3.63) is 104 Å². The van der Waals surface area contributed by atoms with Crippen molar-refractivity contribution in [3.8, 4) is 17.2 Å². The second kappa shape index (κ2) is 8.87. The number of hydrogen-bond donors (Lipinski definition) is 2. The van der Waals surface area contributed by atoms with Gasteiger partial charge in [-0.15, -0.1) is 11.3 Å². The van der Waals surface area contributed by atoms with Crippen LogP contribution in [-0.4, -0.2) is 29.8 Å². The first kappa shape index (κ1) is 22.4. The lowest BCUT2D eigenvalue weighted by Gasteiger charge is -2.34. The molecule has 0 saturated heterocycles. The number of nitrogens with zero attached hydrogens (tertiary/aromatic N) is 1. The minimum absolute atomic E-state index is 0.0550. The highest BCUT2D eigenvalue weighted by molar-refractivity contribution is 7.10. The lowest BCUT2D eigenvalue weighted by Crippen LogP contribution is -2.31. The molecule has 1 aliphatic carbocycles. The zero-order chi connectivity index (χ0) is 24.8. The molecule has 36 heavy (non-hydrogen) atoms. The third-order valence-electron chi connectivity index (χ3n) is 6.99. The van der Waals surface area contributed by atoms with Gasteiger partial charge in [-0.1, -0.05) is 30.3 Å². The maximum atomic E-state index is 13.8. The summed E-state index contributed by atoms with van der Waals surface area (Å²) in [6, 6.07) is 19.1. The number of hydrogen-bond acceptors (Lipinski definition) is 6. The molecule has 2 N–H and O–H groups in total. The summed E-state index contributed by atoms with van der Waals surface area (Å²) in [6.07, 6.45) is 1.11. The number of H-pyrrole nitrogens is 1. The van der Waals surface area contributed by atoms with E-state index in [1.165, 1.54) is 9.56 Å². The minimum Gasteiger partial charge on any atom is -0.493 e. The molecule has 7 nitrogen and oxygen atoms in total. The van der Waals surface area contributed by atoms with Gasteiger partial charge in [0.25, 0.3) is 5.56 Å². The van der Waals surface area contributed by atoms with E-state index >= 15 is 0 Å². The Kier molecular flexibility index (Phi) is 5.53. The van der Waals surface area contributed by atoms with Crippen LogP contribution >= 0.6 is 11.3 Å². The van der Waals surface area contributed by atoms with Crippen LogP contribution in [0.1, 0.15) is 40.7 Å². The highest BCUT2D eigenvalue weighted by Crippen LogP contribution is 2.48. The molecular formula is C28H25N3O4S. The molecule has 2 aromatic carbocycles.